The van der Waals surface area contributed by atoms with Crippen molar-refractivity contribution in [3.8, 4) is 0 Å². The average molecular weight is 198 g/mol. The molecule has 1 aromatic carbocycles. The molecule has 0 bridgehead atoms. The summed E-state index contributed by atoms with van der Waals surface area (Å²) in [6.07, 6.45) is 14.4. The van der Waals surface area contributed by atoms with Crippen LogP contribution in [0.1, 0.15) is 31.2 Å². The van der Waals surface area contributed by atoms with E-state index >= 15 is 0 Å². The molecule has 0 N–H and O–H groups in total. The number of allylic oxidation sites excluding steroid dienone is 3. The van der Waals surface area contributed by atoms with E-state index in [0.29, 0.717) is 0 Å². The molecule has 15 heavy (non-hydrogen) atoms. The van der Waals surface area contributed by atoms with Crippen LogP contribution >= 0.6 is 0 Å². The Bertz CT molecular complexity index is 332. The summed E-state index contributed by atoms with van der Waals surface area (Å²) in [7, 11) is 0. The average Bonchev–Trinajstić information content (AvgIpc) is 2.32. The maximum atomic E-state index is 2.37. The first-order valence-corrected chi connectivity index (χ1v) is 5.83. The van der Waals surface area contributed by atoms with Crippen LogP contribution in [0.4, 0.5) is 0 Å². The minimum absolute atomic E-state index is 0.777. The third-order valence-corrected chi connectivity index (χ3v) is 2.90. The minimum atomic E-state index is 0.777. The minimum Gasteiger partial charge on any atom is -0.0882 e. The summed E-state index contributed by atoms with van der Waals surface area (Å²) >= 11 is 0. The van der Waals surface area contributed by atoms with Crippen LogP contribution < -0.4 is 0 Å². The van der Waals surface area contributed by atoms with E-state index in [1.165, 1.54) is 31.2 Å². The fourth-order valence-electron chi connectivity index (χ4n) is 2.02. The smallest absolute Gasteiger partial charge is 0.0199 e. The predicted molar refractivity (Wildman–Crippen MR) is 66.6 cm³/mol. The van der Waals surface area contributed by atoms with Crippen LogP contribution in [-0.4, -0.2) is 0 Å². The molecule has 0 amide bonds. The Morgan fingerprint density at radius 3 is 2.80 bits per heavy atom. The van der Waals surface area contributed by atoms with Gasteiger partial charge in [-0.3, -0.25) is 0 Å². The van der Waals surface area contributed by atoms with Crippen molar-refractivity contribution in [1.29, 1.82) is 0 Å². The van der Waals surface area contributed by atoms with E-state index in [4.69, 9.17) is 0 Å². The lowest BCUT2D eigenvalue weighted by molar-refractivity contribution is 0.548. The molecule has 0 aromatic heterocycles. The van der Waals surface area contributed by atoms with Gasteiger partial charge in [-0.2, -0.15) is 0 Å². The molecule has 1 aliphatic carbocycles. The van der Waals surface area contributed by atoms with E-state index in [0.717, 1.165) is 5.92 Å². The van der Waals surface area contributed by atoms with Gasteiger partial charge in [0.05, 0.1) is 0 Å². The van der Waals surface area contributed by atoms with Crippen molar-refractivity contribution in [1.82, 2.24) is 0 Å². The summed E-state index contributed by atoms with van der Waals surface area (Å²) in [6.45, 7) is 0. The molecule has 0 heteroatoms. The zero-order chi connectivity index (χ0) is 10.3. The second-order valence-electron chi connectivity index (χ2n) is 4.17. The van der Waals surface area contributed by atoms with Crippen molar-refractivity contribution in [3.05, 3.63) is 54.1 Å². The van der Waals surface area contributed by atoms with Crippen molar-refractivity contribution in [2.24, 2.45) is 5.92 Å². The van der Waals surface area contributed by atoms with Gasteiger partial charge in [-0.05, 0) is 37.2 Å². The van der Waals surface area contributed by atoms with Gasteiger partial charge in [-0.25, -0.2) is 0 Å². The quantitative estimate of drug-likeness (QED) is 0.630. The van der Waals surface area contributed by atoms with E-state index in [9.17, 15) is 0 Å². The maximum Gasteiger partial charge on any atom is -0.0199 e. The van der Waals surface area contributed by atoms with Gasteiger partial charge in [0.15, 0.2) is 0 Å². The molecule has 0 spiro atoms. The van der Waals surface area contributed by atoms with Gasteiger partial charge in [0.1, 0.15) is 0 Å². The monoisotopic (exact) mass is 198 g/mol. The Labute approximate surface area is 92.3 Å². The maximum absolute atomic E-state index is 2.37. The molecular weight excluding hydrogens is 180 g/mol. The molecule has 78 valence electrons. The van der Waals surface area contributed by atoms with E-state index < -0.39 is 0 Å². The molecule has 0 saturated heterocycles. The molecule has 1 aliphatic rings. The second-order valence-corrected chi connectivity index (χ2v) is 4.17. The second kappa shape index (κ2) is 5.55. The van der Waals surface area contributed by atoms with Crippen molar-refractivity contribution in [2.45, 2.75) is 25.7 Å². The molecule has 1 unspecified atom stereocenters. The highest BCUT2D eigenvalue weighted by molar-refractivity contribution is 5.48. The molecule has 0 saturated carbocycles. The van der Waals surface area contributed by atoms with Crippen LogP contribution in [-0.2, 0) is 0 Å². The first-order chi connectivity index (χ1) is 7.45. The van der Waals surface area contributed by atoms with Crippen LogP contribution in [0.2, 0.25) is 0 Å². The van der Waals surface area contributed by atoms with Crippen molar-refractivity contribution in [2.75, 3.05) is 0 Å². The Morgan fingerprint density at radius 2 is 2.07 bits per heavy atom. The van der Waals surface area contributed by atoms with E-state index in [2.05, 4.69) is 54.6 Å². The van der Waals surface area contributed by atoms with Crippen LogP contribution in [0.25, 0.3) is 6.08 Å². The summed E-state index contributed by atoms with van der Waals surface area (Å²) in [5.74, 6) is 0.777. The summed E-state index contributed by atoms with van der Waals surface area (Å²) in [4.78, 5) is 0. The Hall–Kier alpha value is -1.30. The van der Waals surface area contributed by atoms with E-state index in [-0.39, 0.29) is 0 Å². The highest BCUT2D eigenvalue weighted by atomic mass is 14.1. The van der Waals surface area contributed by atoms with Crippen molar-refractivity contribution < 1.29 is 0 Å². The van der Waals surface area contributed by atoms with Gasteiger partial charge >= 0.3 is 0 Å². The lowest BCUT2D eigenvalue weighted by atomic mass is 9.93. The molecule has 0 radical (unpaired) electrons. The third-order valence-electron chi connectivity index (χ3n) is 2.90. The Kier molecular flexibility index (Phi) is 3.78. The zero-order valence-electron chi connectivity index (χ0n) is 9.10. The lowest BCUT2D eigenvalue weighted by Crippen LogP contribution is -1.98. The molecular formula is C15H18. The summed E-state index contributed by atoms with van der Waals surface area (Å²) in [5.41, 5.74) is 1.30. The Morgan fingerprint density at radius 1 is 1.20 bits per heavy atom. The molecule has 0 aliphatic heterocycles. The van der Waals surface area contributed by atoms with Gasteiger partial charge in [-0.1, -0.05) is 54.6 Å². The Balaban J connectivity index is 1.85. The SMILES string of the molecule is C1=CC(C/C=C\c2ccccc2)CCC1. The number of hydrogen-bond acceptors (Lipinski definition) is 0. The van der Waals surface area contributed by atoms with Gasteiger partial charge in [0.2, 0.25) is 0 Å². The van der Waals surface area contributed by atoms with Gasteiger partial charge in [0, 0.05) is 0 Å². The molecule has 0 nitrogen and oxygen atoms in total. The van der Waals surface area contributed by atoms with Gasteiger partial charge in [0.25, 0.3) is 0 Å². The van der Waals surface area contributed by atoms with Crippen LogP contribution in [0.15, 0.2) is 48.6 Å². The van der Waals surface area contributed by atoms with Crippen LogP contribution in [0, 0.1) is 5.92 Å². The van der Waals surface area contributed by atoms with Gasteiger partial charge < -0.3 is 0 Å². The summed E-state index contributed by atoms with van der Waals surface area (Å²) < 4.78 is 0. The first-order valence-electron chi connectivity index (χ1n) is 5.83. The van der Waals surface area contributed by atoms with Crippen LogP contribution in [0.3, 0.4) is 0 Å². The standard InChI is InChI=1S/C15H18/c1-3-8-14(9-4-1)12-7-13-15-10-5-2-6-11-15/h1,3-5,7-10,12,15H,2,6,11,13H2/b12-7-. The van der Waals surface area contributed by atoms with E-state index in [1.807, 2.05) is 0 Å². The molecule has 0 fully saturated rings. The molecule has 0 heterocycles. The van der Waals surface area contributed by atoms with E-state index in [1.54, 1.807) is 0 Å². The summed E-state index contributed by atoms with van der Waals surface area (Å²) in [5, 5.41) is 0. The highest BCUT2D eigenvalue weighted by Gasteiger charge is 2.05. The molecule has 1 atom stereocenters. The summed E-state index contributed by atoms with van der Waals surface area (Å²) in [6, 6.07) is 10.5. The largest absolute Gasteiger partial charge is 0.0882 e. The van der Waals surface area contributed by atoms with Gasteiger partial charge in [-0.15, -0.1) is 0 Å². The van der Waals surface area contributed by atoms with Crippen molar-refractivity contribution >= 4 is 6.08 Å². The normalized spacial score (nSPS) is 20.9. The molecule has 2 rings (SSSR count). The predicted octanol–water partition coefficient (Wildman–Crippen LogP) is 4.45. The number of benzene rings is 1. The third kappa shape index (κ3) is 3.39. The highest BCUT2D eigenvalue weighted by Crippen LogP contribution is 2.20. The zero-order valence-corrected chi connectivity index (χ0v) is 9.10. The fraction of sp³-hybridized carbons (Fsp3) is 0.333. The first kappa shape index (κ1) is 10.2. The lowest BCUT2D eigenvalue weighted by Gasteiger charge is -2.13. The van der Waals surface area contributed by atoms with Crippen molar-refractivity contribution in [3.63, 3.8) is 0 Å². The topological polar surface area (TPSA) is 0 Å². The molecule has 1 aromatic rings. The van der Waals surface area contributed by atoms with Crippen LogP contribution in [0.5, 0.6) is 0 Å². The number of rotatable bonds is 3. The fourth-order valence-corrected chi connectivity index (χ4v) is 2.02. The number of hydrogen-bond donors (Lipinski definition) is 0.